The van der Waals surface area contributed by atoms with Crippen molar-refractivity contribution in [1.29, 1.82) is 5.26 Å². The topological polar surface area (TPSA) is 39.1 Å². The molecule has 0 aromatic heterocycles. The SMILES string of the molecule is C[C@H](C#N)N1CCNCC1. The molecule has 0 spiro atoms. The molecule has 1 saturated heterocycles. The average Bonchev–Trinajstić information content (AvgIpc) is 2.05. The van der Waals surface area contributed by atoms with Crippen molar-refractivity contribution < 1.29 is 0 Å². The zero-order chi connectivity index (χ0) is 7.40. The van der Waals surface area contributed by atoms with Gasteiger partial charge in [-0.05, 0) is 6.92 Å². The number of nitrogens with one attached hydrogen (secondary N) is 1. The third-order valence-corrected chi connectivity index (χ3v) is 1.89. The minimum Gasteiger partial charge on any atom is -0.314 e. The van der Waals surface area contributed by atoms with Crippen LogP contribution < -0.4 is 5.32 Å². The Morgan fingerprint density at radius 2 is 2.10 bits per heavy atom. The summed E-state index contributed by atoms with van der Waals surface area (Å²) in [5.74, 6) is 0. The Balaban J connectivity index is 2.33. The molecule has 0 radical (unpaired) electrons. The van der Waals surface area contributed by atoms with Crippen LogP contribution in [0.5, 0.6) is 0 Å². The van der Waals surface area contributed by atoms with Crippen LogP contribution in [0.1, 0.15) is 6.92 Å². The van der Waals surface area contributed by atoms with Crippen molar-refractivity contribution in [2.75, 3.05) is 26.2 Å². The van der Waals surface area contributed by atoms with Crippen LogP contribution in [0.2, 0.25) is 0 Å². The van der Waals surface area contributed by atoms with E-state index in [2.05, 4.69) is 16.3 Å². The molecule has 0 bridgehead atoms. The Labute approximate surface area is 61.6 Å². The van der Waals surface area contributed by atoms with Crippen LogP contribution in [0.25, 0.3) is 0 Å². The van der Waals surface area contributed by atoms with Gasteiger partial charge >= 0.3 is 0 Å². The van der Waals surface area contributed by atoms with Crippen molar-refractivity contribution in [3.63, 3.8) is 0 Å². The van der Waals surface area contributed by atoms with Crippen molar-refractivity contribution >= 4 is 0 Å². The Morgan fingerprint density at radius 3 is 2.60 bits per heavy atom. The normalized spacial score (nSPS) is 23.6. The lowest BCUT2D eigenvalue weighted by molar-refractivity contribution is 0.216. The maximum atomic E-state index is 8.57. The largest absolute Gasteiger partial charge is 0.314 e. The highest BCUT2D eigenvalue weighted by Crippen LogP contribution is 1.98. The van der Waals surface area contributed by atoms with E-state index in [1.807, 2.05) is 6.92 Å². The molecule has 1 heterocycles. The highest BCUT2D eigenvalue weighted by Gasteiger charge is 2.14. The molecule has 3 nitrogen and oxygen atoms in total. The van der Waals surface area contributed by atoms with Crippen molar-refractivity contribution in [2.24, 2.45) is 0 Å². The molecule has 0 aromatic carbocycles. The fourth-order valence-electron chi connectivity index (χ4n) is 1.15. The van der Waals surface area contributed by atoms with Gasteiger partial charge in [0, 0.05) is 26.2 Å². The molecule has 0 aromatic rings. The molecule has 1 fully saturated rings. The third kappa shape index (κ3) is 1.69. The van der Waals surface area contributed by atoms with E-state index in [0.29, 0.717) is 0 Å². The Bertz CT molecular complexity index is 132. The maximum Gasteiger partial charge on any atom is 0.0950 e. The molecular weight excluding hydrogens is 126 g/mol. The lowest BCUT2D eigenvalue weighted by atomic mass is 10.2. The van der Waals surface area contributed by atoms with Crippen molar-refractivity contribution in [3.05, 3.63) is 0 Å². The number of nitriles is 1. The van der Waals surface area contributed by atoms with Gasteiger partial charge in [0.25, 0.3) is 0 Å². The molecular formula is C7H13N3. The fraction of sp³-hybridized carbons (Fsp3) is 0.857. The second kappa shape index (κ2) is 3.55. The first-order valence-corrected chi connectivity index (χ1v) is 3.69. The lowest BCUT2D eigenvalue weighted by Crippen LogP contribution is -2.46. The van der Waals surface area contributed by atoms with Gasteiger partial charge in [0.1, 0.15) is 0 Å². The summed E-state index contributed by atoms with van der Waals surface area (Å²) in [4.78, 5) is 2.19. The summed E-state index contributed by atoms with van der Waals surface area (Å²) < 4.78 is 0. The molecule has 1 rings (SSSR count). The highest BCUT2D eigenvalue weighted by molar-refractivity contribution is 4.89. The maximum absolute atomic E-state index is 8.57. The summed E-state index contributed by atoms with van der Waals surface area (Å²) in [5, 5.41) is 11.8. The molecule has 0 aliphatic carbocycles. The first-order valence-electron chi connectivity index (χ1n) is 3.69. The molecule has 1 aliphatic rings. The van der Waals surface area contributed by atoms with E-state index in [-0.39, 0.29) is 6.04 Å². The fourth-order valence-corrected chi connectivity index (χ4v) is 1.15. The van der Waals surface area contributed by atoms with Crippen molar-refractivity contribution in [2.45, 2.75) is 13.0 Å². The summed E-state index contributed by atoms with van der Waals surface area (Å²) >= 11 is 0. The molecule has 10 heavy (non-hydrogen) atoms. The zero-order valence-electron chi connectivity index (χ0n) is 6.30. The van der Waals surface area contributed by atoms with E-state index >= 15 is 0 Å². The summed E-state index contributed by atoms with van der Waals surface area (Å²) in [5.41, 5.74) is 0. The number of hydrogen-bond donors (Lipinski definition) is 1. The minimum atomic E-state index is 0.0853. The minimum absolute atomic E-state index is 0.0853. The number of hydrogen-bond acceptors (Lipinski definition) is 3. The second-order valence-electron chi connectivity index (χ2n) is 2.59. The molecule has 1 aliphatic heterocycles. The van der Waals surface area contributed by atoms with Gasteiger partial charge in [0.2, 0.25) is 0 Å². The summed E-state index contributed by atoms with van der Waals surface area (Å²) in [7, 11) is 0. The first kappa shape index (κ1) is 7.52. The van der Waals surface area contributed by atoms with Crippen LogP contribution in [0.3, 0.4) is 0 Å². The van der Waals surface area contributed by atoms with Gasteiger partial charge in [-0.1, -0.05) is 0 Å². The van der Waals surface area contributed by atoms with Crippen LogP contribution in [-0.2, 0) is 0 Å². The van der Waals surface area contributed by atoms with E-state index in [9.17, 15) is 0 Å². The van der Waals surface area contributed by atoms with Crippen molar-refractivity contribution in [3.8, 4) is 6.07 Å². The Hall–Kier alpha value is -0.590. The lowest BCUT2D eigenvalue weighted by Gasteiger charge is -2.28. The van der Waals surface area contributed by atoms with Gasteiger partial charge in [-0.2, -0.15) is 5.26 Å². The number of piperazine rings is 1. The molecule has 1 N–H and O–H groups in total. The average molecular weight is 139 g/mol. The van der Waals surface area contributed by atoms with Crippen LogP contribution >= 0.6 is 0 Å². The Morgan fingerprint density at radius 1 is 1.50 bits per heavy atom. The molecule has 0 saturated carbocycles. The third-order valence-electron chi connectivity index (χ3n) is 1.89. The molecule has 3 heteroatoms. The van der Waals surface area contributed by atoms with E-state index in [0.717, 1.165) is 26.2 Å². The van der Waals surface area contributed by atoms with Crippen LogP contribution in [-0.4, -0.2) is 37.1 Å². The van der Waals surface area contributed by atoms with E-state index in [4.69, 9.17) is 5.26 Å². The predicted molar refractivity (Wildman–Crippen MR) is 39.5 cm³/mol. The number of rotatable bonds is 1. The quantitative estimate of drug-likeness (QED) is 0.547. The summed E-state index contributed by atoms with van der Waals surface area (Å²) in [6.07, 6.45) is 0. The molecule has 1 atom stereocenters. The highest BCUT2D eigenvalue weighted by atomic mass is 15.2. The van der Waals surface area contributed by atoms with Gasteiger partial charge in [-0.3, -0.25) is 4.90 Å². The van der Waals surface area contributed by atoms with Gasteiger partial charge < -0.3 is 5.32 Å². The summed E-state index contributed by atoms with van der Waals surface area (Å²) in [6, 6.07) is 2.32. The van der Waals surface area contributed by atoms with E-state index in [1.54, 1.807) is 0 Å². The van der Waals surface area contributed by atoms with Crippen LogP contribution in [0.15, 0.2) is 0 Å². The Kier molecular flexibility index (Phi) is 2.67. The number of nitrogens with zero attached hydrogens (tertiary/aromatic N) is 2. The summed E-state index contributed by atoms with van der Waals surface area (Å²) in [6.45, 7) is 6.01. The molecule has 0 unspecified atom stereocenters. The first-order chi connectivity index (χ1) is 4.84. The predicted octanol–water partition coefficient (Wildman–Crippen LogP) is -0.196. The monoisotopic (exact) mass is 139 g/mol. The van der Waals surface area contributed by atoms with E-state index < -0.39 is 0 Å². The van der Waals surface area contributed by atoms with Gasteiger partial charge in [-0.25, -0.2) is 0 Å². The van der Waals surface area contributed by atoms with Crippen molar-refractivity contribution in [1.82, 2.24) is 10.2 Å². The second-order valence-corrected chi connectivity index (χ2v) is 2.59. The zero-order valence-corrected chi connectivity index (χ0v) is 6.30. The smallest absolute Gasteiger partial charge is 0.0950 e. The van der Waals surface area contributed by atoms with Crippen LogP contribution in [0.4, 0.5) is 0 Å². The molecule has 0 amide bonds. The van der Waals surface area contributed by atoms with Gasteiger partial charge in [0.05, 0.1) is 12.1 Å². The van der Waals surface area contributed by atoms with Gasteiger partial charge in [0.15, 0.2) is 0 Å². The van der Waals surface area contributed by atoms with Gasteiger partial charge in [-0.15, -0.1) is 0 Å². The van der Waals surface area contributed by atoms with E-state index in [1.165, 1.54) is 0 Å². The molecule has 56 valence electrons. The standard InChI is InChI=1S/C7H13N3/c1-7(6-8)10-4-2-9-3-5-10/h7,9H,2-5H2,1H3/t7-/m1/s1. The van der Waals surface area contributed by atoms with Crippen LogP contribution in [0, 0.1) is 11.3 Å².